The Morgan fingerprint density at radius 2 is 1.48 bits per heavy atom. The monoisotopic (exact) mass is 283 g/mol. The smallest absolute Gasteiger partial charge is 0.258 e. The molecule has 3 rings (SSSR count). The highest BCUT2D eigenvalue weighted by atomic mass is 16.3. The van der Waals surface area contributed by atoms with Crippen molar-refractivity contribution in [3.63, 3.8) is 0 Å². The molecule has 0 aliphatic carbocycles. The van der Waals surface area contributed by atoms with Gasteiger partial charge in [-0.25, -0.2) is 5.32 Å². The Balaban J connectivity index is 1.66. The summed E-state index contributed by atoms with van der Waals surface area (Å²) in [5, 5.41) is 14.2. The minimum absolute atomic E-state index is 0.683. The molecule has 0 radical (unpaired) electrons. The van der Waals surface area contributed by atoms with Crippen molar-refractivity contribution in [2.24, 2.45) is 0 Å². The molecule has 0 saturated carbocycles. The summed E-state index contributed by atoms with van der Waals surface area (Å²) in [7, 11) is 0. The molecule has 21 heavy (non-hydrogen) atoms. The van der Waals surface area contributed by atoms with Crippen LogP contribution in [0.25, 0.3) is 0 Å². The zero-order chi connectivity index (χ0) is 14.8. The van der Waals surface area contributed by atoms with Crippen LogP contribution in [0.1, 0.15) is 18.1 Å². The van der Waals surface area contributed by atoms with Gasteiger partial charge in [0, 0.05) is 19.0 Å². The molecule has 1 aliphatic rings. The second-order valence-corrected chi connectivity index (χ2v) is 6.10. The van der Waals surface area contributed by atoms with Crippen LogP contribution in [-0.4, -0.2) is 28.5 Å². The normalized spacial score (nSPS) is 19.0. The van der Waals surface area contributed by atoms with Crippen molar-refractivity contribution in [3.05, 3.63) is 71.8 Å². The molecule has 0 aromatic heterocycles. The van der Waals surface area contributed by atoms with Crippen LogP contribution in [0.4, 0.5) is 0 Å². The molecule has 110 valence electrons. The molecule has 2 aromatic rings. The Kier molecular flexibility index (Phi) is 3.81. The molecule has 1 heterocycles. The molecule has 2 N–H and O–H groups in total. The van der Waals surface area contributed by atoms with Gasteiger partial charge in [0.2, 0.25) is 0 Å². The van der Waals surface area contributed by atoms with Crippen molar-refractivity contribution >= 4 is 0 Å². The highest BCUT2D eigenvalue weighted by Gasteiger charge is 2.56. The first-order valence-electron chi connectivity index (χ1n) is 7.53. The van der Waals surface area contributed by atoms with Crippen LogP contribution in [0.5, 0.6) is 0 Å². The topological polar surface area (TPSA) is 32.3 Å². The van der Waals surface area contributed by atoms with Crippen LogP contribution in [0, 0.1) is 0 Å². The van der Waals surface area contributed by atoms with Crippen LogP contribution in [0.15, 0.2) is 60.7 Å². The molecule has 1 unspecified atom stereocenters. The van der Waals surface area contributed by atoms with Crippen molar-refractivity contribution in [2.75, 3.05) is 13.1 Å². The van der Waals surface area contributed by atoms with Crippen LogP contribution in [-0.2, 0) is 13.1 Å². The first-order valence-corrected chi connectivity index (χ1v) is 7.53. The van der Waals surface area contributed by atoms with Gasteiger partial charge in [0.1, 0.15) is 19.6 Å². The highest BCUT2D eigenvalue weighted by Crippen LogP contribution is 2.34. The fourth-order valence-corrected chi connectivity index (χ4v) is 2.83. The first kappa shape index (κ1) is 14.3. The largest absolute Gasteiger partial charge is 0.330 e. The van der Waals surface area contributed by atoms with Gasteiger partial charge in [-0.15, -0.1) is 0 Å². The minimum Gasteiger partial charge on any atom is -0.330 e. The SMILES string of the molecule is CC(O)(NCc1ccccc1)[N+]1(Cc2ccccc2)CC1. The van der Waals surface area contributed by atoms with E-state index in [2.05, 4.69) is 41.7 Å². The standard InChI is InChI=1S/C18H23N2O/c1-18(21,19-14-16-8-4-2-5-9-16)20(12-13-20)15-17-10-6-3-7-11-17/h2-11,19,21H,12-15H2,1H3/q+1. The van der Waals surface area contributed by atoms with Crippen LogP contribution in [0.2, 0.25) is 0 Å². The van der Waals surface area contributed by atoms with E-state index in [0.717, 1.165) is 19.6 Å². The zero-order valence-electron chi connectivity index (χ0n) is 12.5. The summed E-state index contributed by atoms with van der Waals surface area (Å²) in [6, 6.07) is 20.6. The maximum atomic E-state index is 10.9. The average Bonchev–Trinajstić information content (AvgIpc) is 3.29. The molecule has 3 heteroatoms. The van der Waals surface area contributed by atoms with Crippen molar-refractivity contribution < 1.29 is 9.59 Å². The van der Waals surface area contributed by atoms with E-state index in [-0.39, 0.29) is 0 Å². The summed E-state index contributed by atoms with van der Waals surface area (Å²) in [4.78, 5) is 0. The Hall–Kier alpha value is -1.68. The number of rotatable bonds is 6. The highest BCUT2D eigenvalue weighted by molar-refractivity contribution is 5.15. The Labute approximate surface area is 126 Å². The van der Waals surface area contributed by atoms with Crippen molar-refractivity contribution in [3.8, 4) is 0 Å². The molecule has 1 saturated heterocycles. The van der Waals surface area contributed by atoms with Crippen LogP contribution < -0.4 is 5.32 Å². The number of quaternary nitrogens is 1. The lowest BCUT2D eigenvalue weighted by Gasteiger charge is -2.35. The molecule has 2 aromatic carbocycles. The predicted octanol–water partition coefficient (Wildman–Crippen LogP) is 2.47. The summed E-state index contributed by atoms with van der Waals surface area (Å²) in [5.41, 5.74) is 2.47. The molecule has 1 fully saturated rings. The number of benzene rings is 2. The second-order valence-electron chi connectivity index (χ2n) is 6.10. The van der Waals surface area contributed by atoms with Gasteiger partial charge >= 0.3 is 0 Å². The summed E-state index contributed by atoms with van der Waals surface area (Å²) in [5.74, 6) is -0.897. The number of nitrogens with zero attached hydrogens (tertiary/aromatic N) is 1. The van der Waals surface area contributed by atoms with Crippen molar-refractivity contribution in [1.82, 2.24) is 5.32 Å². The lowest BCUT2D eigenvalue weighted by atomic mass is 10.2. The second kappa shape index (κ2) is 5.60. The fourth-order valence-electron chi connectivity index (χ4n) is 2.83. The maximum absolute atomic E-state index is 10.9. The van der Waals surface area contributed by atoms with Crippen molar-refractivity contribution in [1.29, 1.82) is 0 Å². The van der Waals surface area contributed by atoms with Gasteiger partial charge in [0.05, 0.1) is 0 Å². The van der Waals surface area contributed by atoms with Crippen LogP contribution >= 0.6 is 0 Å². The first-order chi connectivity index (χ1) is 10.1. The molecule has 3 nitrogen and oxygen atoms in total. The molecule has 1 aliphatic heterocycles. The average molecular weight is 283 g/mol. The summed E-state index contributed by atoms with van der Waals surface area (Å²) >= 11 is 0. The van der Waals surface area contributed by atoms with Gasteiger partial charge in [-0.2, -0.15) is 0 Å². The molecule has 1 atom stereocenters. The van der Waals surface area contributed by atoms with Crippen molar-refractivity contribution in [2.45, 2.75) is 25.9 Å². The fraction of sp³-hybridized carbons (Fsp3) is 0.333. The predicted molar refractivity (Wildman–Crippen MR) is 84.0 cm³/mol. The third kappa shape index (κ3) is 3.16. The number of hydrogen-bond donors (Lipinski definition) is 2. The van der Waals surface area contributed by atoms with E-state index in [1.54, 1.807) is 0 Å². The third-order valence-electron chi connectivity index (χ3n) is 4.49. The van der Waals surface area contributed by atoms with Gasteiger partial charge < -0.3 is 5.11 Å². The van der Waals surface area contributed by atoms with Crippen LogP contribution in [0.3, 0.4) is 0 Å². The Bertz CT molecular complexity index is 577. The maximum Gasteiger partial charge on any atom is 0.258 e. The zero-order valence-corrected chi connectivity index (χ0v) is 12.5. The van der Waals surface area contributed by atoms with E-state index in [1.165, 1.54) is 11.1 Å². The van der Waals surface area contributed by atoms with Gasteiger partial charge in [0.25, 0.3) is 5.85 Å². The number of aliphatic hydroxyl groups is 1. The van der Waals surface area contributed by atoms with Gasteiger partial charge in [-0.3, -0.25) is 4.48 Å². The van der Waals surface area contributed by atoms with E-state index in [1.807, 2.05) is 31.2 Å². The van der Waals surface area contributed by atoms with Gasteiger partial charge in [-0.1, -0.05) is 60.7 Å². The molecule has 0 amide bonds. The Morgan fingerprint density at radius 1 is 0.952 bits per heavy atom. The summed E-state index contributed by atoms with van der Waals surface area (Å²) < 4.78 is 0.698. The lowest BCUT2D eigenvalue weighted by molar-refractivity contribution is -0.903. The lowest BCUT2D eigenvalue weighted by Crippen LogP contribution is -2.58. The molecular formula is C18H23N2O+. The minimum atomic E-state index is -0.897. The van der Waals surface area contributed by atoms with E-state index in [9.17, 15) is 5.11 Å². The van der Waals surface area contributed by atoms with Gasteiger partial charge in [-0.05, 0) is 5.56 Å². The number of hydrogen-bond acceptors (Lipinski definition) is 2. The molecular weight excluding hydrogens is 260 g/mol. The number of nitrogens with one attached hydrogen (secondary N) is 1. The molecule has 0 spiro atoms. The van der Waals surface area contributed by atoms with Gasteiger partial charge in [0.15, 0.2) is 0 Å². The quantitative estimate of drug-likeness (QED) is 0.485. The Morgan fingerprint density at radius 3 is 2.00 bits per heavy atom. The summed E-state index contributed by atoms with van der Waals surface area (Å²) in [6.45, 7) is 5.48. The van der Waals surface area contributed by atoms with E-state index >= 15 is 0 Å². The molecule has 0 bridgehead atoms. The van der Waals surface area contributed by atoms with E-state index in [0.29, 0.717) is 11.0 Å². The third-order valence-corrected chi connectivity index (χ3v) is 4.49. The van der Waals surface area contributed by atoms with E-state index < -0.39 is 5.85 Å². The van der Waals surface area contributed by atoms with E-state index in [4.69, 9.17) is 0 Å². The summed E-state index contributed by atoms with van der Waals surface area (Å²) in [6.07, 6.45) is 0.